The predicted octanol–water partition coefficient (Wildman–Crippen LogP) is 3.36. The van der Waals surface area contributed by atoms with Gasteiger partial charge in [-0.05, 0) is 30.0 Å². The fourth-order valence-electron chi connectivity index (χ4n) is 1.60. The average molecular weight is 289 g/mol. The summed E-state index contributed by atoms with van der Waals surface area (Å²) >= 11 is 5.95. The van der Waals surface area contributed by atoms with E-state index in [2.05, 4.69) is 23.8 Å². The molecule has 0 atom stereocenters. The van der Waals surface area contributed by atoms with Crippen molar-refractivity contribution in [3.8, 4) is 0 Å². The van der Waals surface area contributed by atoms with Crippen molar-refractivity contribution in [1.82, 2.24) is 10.6 Å². The Kier molecular flexibility index (Phi) is 6.33. The summed E-state index contributed by atoms with van der Waals surface area (Å²) < 4.78 is 0. The van der Waals surface area contributed by atoms with Crippen LogP contribution >= 0.6 is 11.6 Å². The van der Waals surface area contributed by atoms with Crippen molar-refractivity contribution < 1.29 is 4.79 Å². The van der Waals surface area contributed by atoms with E-state index in [1.807, 2.05) is 12.1 Å². The number of hydrogen-bond acceptors (Lipinski definition) is 3. The smallest absolute Gasteiger partial charge is 0.144 e. The number of hydrogen-bond donors (Lipinski definition) is 2. The molecule has 0 spiro atoms. The molecule has 1 rings (SSSR count). The molecule has 2 N–H and O–H groups in total. The van der Waals surface area contributed by atoms with Crippen LogP contribution in [-0.2, 0) is 4.79 Å². The summed E-state index contributed by atoms with van der Waals surface area (Å²) in [5.41, 5.74) is 3.03. The molecule has 0 heterocycles. The zero-order chi connectivity index (χ0) is 15.0. The van der Waals surface area contributed by atoms with Crippen molar-refractivity contribution >= 4 is 29.7 Å². The van der Waals surface area contributed by atoms with E-state index >= 15 is 0 Å². The summed E-state index contributed by atoms with van der Waals surface area (Å²) in [5.74, 6) is 0. The Morgan fingerprint density at radius 3 is 2.75 bits per heavy atom. The second-order valence-corrected chi connectivity index (χ2v) is 4.36. The van der Waals surface area contributed by atoms with Gasteiger partial charge in [0.05, 0.1) is 0 Å². The summed E-state index contributed by atoms with van der Waals surface area (Å²) in [6, 6.07) is 5.45. The standard InChI is InChI=1S/C16H17ClN2O/c1-4-13-11-14(17)5-6-16(13)12(2)19-15(8-10-20)7-9-18-3/h4-11,18-19H,1-2H2,3H3/b9-7-,15-8+. The maximum Gasteiger partial charge on any atom is 0.144 e. The summed E-state index contributed by atoms with van der Waals surface area (Å²) in [6.45, 7) is 7.74. The third-order valence-corrected chi connectivity index (χ3v) is 2.77. The minimum absolute atomic E-state index is 0.629. The number of aldehydes is 1. The predicted molar refractivity (Wildman–Crippen MR) is 86.1 cm³/mol. The summed E-state index contributed by atoms with van der Waals surface area (Å²) in [4.78, 5) is 10.6. The van der Waals surface area contributed by atoms with Crippen LogP contribution in [0.4, 0.5) is 0 Å². The van der Waals surface area contributed by atoms with E-state index in [1.54, 1.807) is 31.5 Å². The molecule has 1 aromatic rings. The molecule has 1 aromatic carbocycles. The summed E-state index contributed by atoms with van der Waals surface area (Å²) in [7, 11) is 1.78. The molecule has 0 amide bonds. The topological polar surface area (TPSA) is 41.1 Å². The first-order valence-corrected chi connectivity index (χ1v) is 6.37. The lowest BCUT2D eigenvalue weighted by Gasteiger charge is -2.13. The average Bonchev–Trinajstić information content (AvgIpc) is 2.44. The van der Waals surface area contributed by atoms with Gasteiger partial charge >= 0.3 is 0 Å². The van der Waals surface area contributed by atoms with Gasteiger partial charge in [0.1, 0.15) is 6.29 Å². The highest BCUT2D eigenvalue weighted by Crippen LogP contribution is 2.22. The van der Waals surface area contributed by atoms with Crippen molar-refractivity contribution in [2.45, 2.75) is 0 Å². The number of allylic oxidation sites excluding steroid dienone is 2. The van der Waals surface area contributed by atoms with E-state index in [9.17, 15) is 4.79 Å². The third kappa shape index (κ3) is 4.44. The van der Waals surface area contributed by atoms with Crippen molar-refractivity contribution in [3.05, 3.63) is 71.6 Å². The van der Waals surface area contributed by atoms with Gasteiger partial charge in [-0.15, -0.1) is 0 Å². The second-order valence-electron chi connectivity index (χ2n) is 3.92. The highest BCUT2D eigenvalue weighted by atomic mass is 35.5. The van der Waals surface area contributed by atoms with Crippen molar-refractivity contribution in [1.29, 1.82) is 0 Å². The van der Waals surface area contributed by atoms with Crippen LogP contribution in [-0.4, -0.2) is 13.3 Å². The van der Waals surface area contributed by atoms with Crippen LogP contribution in [0.1, 0.15) is 11.1 Å². The molecule has 4 heteroatoms. The van der Waals surface area contributed by atoms with Gasteiger partial charge in [-0.3, -0.25) is 4.79 Å². The lowest BCUT2D eigenvalue weighted by atomic mass is 10.0. The van der Waals surface area contributed by atoms with Gasteiger partial charge in [0.15, 0.2) is 0 Å². The molecular formula is C16H17ClN2O. The summed E-state index contributed by atoms with van der Waals surface area (Å²) in [6.07, 6.45) is 7.30. The molecule has 0 fully saturated rings. The molecule has 0 saturated carbocycles. The fraction of sp³-hybridized carbons (Fsp3) is 0.0625. The minimum atomic E-state index is 0.629. The van der Waals surface area contributed by atoms with Crippen LogP contribution < -0.4 is 10.6 Å². The SMILES string of the molecule is C=Cc1cc(Cl)ccc1C(=C)NC(/C=C\NC)=C/C=O. The first kappa shape index (κ1) is 15.8. The molecule has 0 bridgehead atoms. The van der Waals surface area contributed by atoms with Crippen LogP contribution in [0, 0.1) is 0 Å². The van der Waals surface area contributed by atoms with E-state index < -0.39 is 0 Å². The Bertz CT molecular complexity index is 574. The van der Waals surface area contributed by atoms with Crippen molar-refractivity contribution in [2.24, 2.45) is 0 Å². The number of halogens is 1. The highest BCUT2D eigenvalue weighted by molar-refractivity contribution is 6.30. The largest absolute Gasteiger partial charge is 0.394 e. The van der Waals surface area contributed by atoms with Crippen LogP contribution in [0.2, 0.25) is 5.02 Å². The van der Waals surface area contributed by atoms with Gasteiger partial charge in [-0.2, -0.15) is 0 Å². The first-order chi connectivity index (χ1) is 9.62. The number of nitrogens with one attached hydrogen (secondary N) is 2. The molecule has 0 aliphatic heterocycles. The molecule has 0 aliphatic rings. The Labute approximate surface area is 124 Å². The molecule has 0 aliphatic carbocycles. The maximum absolute atomic E-state index is 10.6. The molecule has 0 saturated heterocycles. The van der Waals surface area contributed by atoms with Crippen molar-refractivity contribution in [3.63, 3.8) is 0 Å². The Balaban J connectivity index is 3.00. The van der Waals surface area contributed by atoms with Crippen LogP contribution in [0.3, 0.4) is 0 Å². The van der Waals surface area contributed by atoms with Gasteiger partial charge in [-0.25, -0.2) is 0 Å². The van der Waals surface area contributed by atoms with Gasteiger partial charge in [0.2, 0.25) is 0 Å². The summed E-state index contributed by atoms with van der Waals surface area (Å²) in [5, 5.41) is 6.57. The zero-order valence-electron chi connectivity index (χ0n) is 11.3. The lowest BCUT2D eigenvalue weighted by molar-refractivity contribution is -0.104. The van der Waals surface area contributed by atoms with Gasteiger partial charge in [0, 0.05) is 35.1 Å². The van der Waals surface area contributed by atoms with E-state index in [4.69, 9.17) is 11.6 Å². The van der Waals surface area contributed by atoms with Crippen molar-refractivity contribution in [2.75, 3.05) is 7.05 Å². The Morgan fingerprint density at radius 1 is 1.40 bits per heavy atom. The quantitative estimate of drug-likeness (QED) is 0.459. The number of carbonyl (C=O) groups is 1. The Hall–Kier alpha value is -2.26. The lowest BCUT2D eigenvalue weighted by Crippen LogP contribution is -2.11. The molecule has 3 nitrogen and oxygen atoms in total. The number of rotatable bonds is 7. The minimum Gasteiger partial charge on any atom is -0.394 e. The van der Waals surface area contributed by atoms with E-state index in [0.717, 1.165) is 11.1 Å². The first-order valence-electron chi connectivity index (χ1n) is 6.00. The van der Waals surface area contributed by atoms with E-state index in [-0.39, 0.29) is 0 Å². The van der Waals surface area contributed by atoms with Gasteiger partial charge < -0.3 is 10.6 Å². The number of benzene rings is 1. The second kappa shape index (κ2) is 8.02. The number of carbonyl (C=O) groups excluding carboxylic acids is 1. The van der Waals surface area contributed by atoms with Gasteiger partial charge in [-0.1, -0.05) is 36.9 Å². The highest BCUT2D eigenvalue weighted by Gasteiger charge is 2.05. The van der Waals surface area contributed by atoms with Gasteiger partial charge in [0.25, 0.3) is 0 Å². The zero-order valence-corrected chi connectivity index (χ0v) is 12.1. The molecule has 0 radical (unpaired) electrons. The molecular weight excluding hydrogens is 272 g/mol. The molecule has 0 aromatic heterocycles. The molecule has 0 unspecified atom stereocenters. The third-order valence-electron chi connectivity index (χ3n) is 2.53. The monoisotopic (exact) mass is 288 g/mol. The molecule has 104 valence electrons. The van der Waals surface area contributed by atoms with Crippen LogP contribution in [0.15, 0.2) is 55.4 Å². The normalized spacial score (nSPS) is 11.2. The maximum atomic E-state index is 10.6. The Morgan fingerprint density at radius 2 is 2.15 bits per heavy atom. The van der Waals surface area contributed by atoms with E-state index in [1.165, 1.54) is 6.08 Å². The molecule has 20 heavy (non-hydrogen) atoms. The van der Waals surface area contributed by atoms with E-state index in [0.29, 0.717) is 22.7 Å². The fourth-order valence-corrected chi connectivity index (χ4v) is 1.78. The van der Waals surface area contributed by atoms with Crippen LogP contribution in [0.25, 0.3) is 11.8 Å². The van der Waals surface area contributed by atoms with Crippen LogP contribution in [0.5, 0.6) is 0 Å².